The van der Waals surface area contributed by atoms with Crippen molar-refractivity contribution in [3.63, 3.8) is 0 Å². The molecular weight excluding hydrogens is 281 g/mol. The zero-order valence-corrected chi connectivity index (χ0v) is 13.8. The van der Waals surface area contributed by atoms with Crippen molar-refractivity contribution in [1.82, 2.24) is 4.57 Å². The average molecular weight is 302 g/mol. The largest absolute Gasteiger partial charge is 0.402 e. The van der Waals surface area contributed by atoms with E-state index in [0.29, 0.717) is 0 Å². The topological polar surface area (TPSA) is 12.5 Å². The van der Waals surface area contributed by atoms with E-state index in [4.69, 9.17) is 4.43 Å². The lowest BCUT2D eigenvalue weighted by Gasteiger charge is -2.25. The summed E-state index contributed by atoms with van der Waals surface area (Å²) in [4.78, 5) is 0. The lowest BCUT2D eigenvalue weighted by molar-refractivity contribution is 0.339. The summed E-state index contributed by atoms with van der Waals surface area (Å²) in [6.07, 6.45) is 0. The van der Waals surface area contributed by atoms with E-state index in [1.165, 1.54) is 11.3 Å². The predicted molar refractivity (Wildman–Crippen MR) is 87.2 cm³/mol. The standard InChI is InChI=1S/C17H21FNOSi/c1-4-19(5-2)21(20-3)17-11-9-14(10-12-17)15-7-6-8-16(18)13-15/h6-13H,4-5H2,1-3H3. The van der Waals surface area contributed by atoms with Gasteiger partial charge in [-0.1, -0.05) is 50.2 Å². The molecule has 21 heavy (non-hydrogen) atoms. The minimum atomic E-state index is -1.15. The Hall–Kier alpha value is -1.49. The molecule has 2 aromatic rings. The van der Waals surface area contributed by atoms with Crippen LogP contribution < -0.4 is 5.19 Å². The summed E-state index contributed by atoms with van der Waals surface area (Å²) in [5.74, 6) is -0.207. The highest BCUT2D eigenvalue weighted by Crippen LogP contribution is 2.19. The summed E-state index contributed by atoms with van der Waals surface area (Å²) < 4.78 is 21.4. The number of nitrogens with zero attached hydrogens (tertiary/aromatic N) is 1. The fraction of sp³-hybridized carbons (Fsp3) is 0.294. The van der Waals surface area contributed by atoms with Gasteiger partial charge in [0, 0.05) is 7.11 Å². The summed E-state index contributed by atoms with van der Waals surface area (Å²) in [6, 6.07) is 14.9. The van der Waals surface area contributed by atoms with Crippen LogP contribution in [0, 0.1) is 5.82 Å². The van der Waals surface area contributed by atoms with Crippen molar-refractivity contribution in [2.45, 2.75) is 13.8 Å². The van der Waals surface area contributed by atoms with Crippen molar-refractivity contribution >= 4 is 14.4 Å². The maximum atomic E-state index is 13.3. The van der Waals surface area contributed by atoms with E-state index in [1.807, 2.05) is 18.2 Å². The molecule has 0 aromatic heterocycles. The molecule has 0 aliphatic rings. The fourth-order valence-corrected chi connectivity index (χ4v) is 4.30. The average Bonchev–Trinajstić information content (AvgIpc) is 2.53. The Labute approximate surface area is 128 Å². The van der Waals surface area contributed by atoms with E-state index in [1.54, 1.807) is 19.2 Å². The van der Waals surface area contributed by atoms with Crippen LogP contribution in [0.15, 0.2) is 48.5 Å². The molecule has 0 saturated heterocycles. The smallest absolute Gasteiger partial charge is 0.343 e. The number of benzene rings is 2. The van der Waals surface area contributed by atoms with Gasteiger partial charge >= 0.3 is 9.20 Å². The van der Waals surface area contributed by atoms with Crippen LogP contribution in [0.3, 0.4) is 0 Å². The van der Waals surface area contributed by atoms with Crippen molar-refractivity contribution in [3.8, 4) is 11.1 Å². The lowest BCUT2D eigenvalue weighted by atomic mass is 10.1. The van der Waals surface area contributed by atoms with Crippen molar-refractivity contribution in [1.29, 1.82) is 0 Å². The van der Waals surface area contributed by atoms with Gasteiger partial charge in [-0.25, -0.2) is 4.39 Å². The van der Waals surface area contributed by atoms with Gasteiger partial charge in [0.15, 0.2) is 0 Å². The minimum absolute atomic E-state index is 0.207. The molecule has 0 fully saturated rings. The molecule has 0 amide bonds. The van der Waals surface area contributed by atoms with Gasteiger partial charge in [-0.05, 0) is 41.5 Å². The Morgan fingerprint density at radius 3 is 2.19 bits per heavy atom. The van der Waals surface area contributed by atoms with Crippen molar-refractivity contribution < 1.29 is 8.82 Å². The molecule has 0 spiro atoms. The van der Waals surface area contributed by atoms with Gasteiger partial charge in [-0.15, -0.1) is 0 Å². The van der Waals surface area contributed by atoms with Crippen molar-refractivity contribution in [2.24, 2.45) is 0 Å². The molecular formula is C17H21FNOSi. The lowest BCUT2D eigenvalue weighted by Crippen LogP contribution is -2.49. The number of hydrogen-bond donors (Lipinski definition) is 0. The Morgan fingerprint density at radius 1 is 1.00 bits per heavy atom. The summed E-state index contributed by atoms with van der Waals surface area (Å²) >= 11 is 0. The molecule has 0 heterocycles. The number of rotatable bonds is 6. The number of halogens is 1. The molecule has 2 rings (SSSR count). The van der Waals surface area contributed by atoms with Crippen LogP contribution in [0.2, 0.25) is 0 Å². The first-order valence-electron chi connectivity index (χ1n) is 7.21. The quantitative estimate of drug-likeness (QED) is 0.760. The Bertz CT molecular complexity index is 569. The van der Waals surface area contributed by atoms with Gasteiger partial charge in [0.2, 0.25) is 0 Å². The van der Waals surface area contributed by atoms with Crippen LogP contribution in [0.25, 0.3) is 11.1 Å². The molecule has 0 bridgehead atoms. The van der Waals surface area contributed by atoms with Crippen LogP contribution in [0.5, 0.6) is 0 Å². The predicted octanol–water partition coefficient (Wildman–Crippen LogP) is 3.18. The third-order valence-electron chi connectivity index (χ3n) is 3.53. The molecule has 0 N–H and O–H groups in total. The second-order valence-electron chi connectivity index (χ2n) is 4.77. The second-order valence-corrected chi connectivity index (χ2v) is 7.00. The molecule has 0 aliphatic carbocycles. The first-order chi connectivity index (χ1) is 10.2. The molecule has 111 valence electrons. The molecule has 2 nitrogen and oxygen atoms in total. The van der Waals surface area contributed by atoms with Crippen LogP contribution in [-0.4, -0.2) is 34.0 Å². The van der Waals surface area contributed by atoms with Gasteiger partial charge in [-0.3, -0.25) is 4.57 Å². The Kier molecular flexibility index (Phi) is 5.67. The molecule has 0 saturated carbocycles. The maximum Gasteiger partial charge on any atom is 0.343 e. The van der Waals surface area contributed by atoms with E-state index in [2.05, 4.69) is 30.5 Å². The van der Waals surface area contributed by atoms with Crippen molar-refractivity contribution in [2.75, 3.05) is 20.2 Å². The van der Waals surface area contributed by atoms with Crippen molar-refractivity contribution in [3.05, 3.63) is 54.3 Å². The molecule has 0 aliphatic heterocycles. The summed E-state index contributed by atoms with van der Waals surface area (Å²) in [5, 5.41) is 1.21. The fourth-order valence-electron chi connectivity index (χ4n) is 2.41. The first-order valence-corrected chi connectivity index (χ1v) is 8.57. The monoisotopic (exact) mass is 302 g/mol. The third-order valence-corrected chi connectivity index (χ3v) is 5.95. The summed E-state index contributed by atoms with van der Waals surface area (Å²) in [6.45, 7) is 6.25. The van der Waals surface area contributed by atoms with E-state index < -0.39 is 9.20 Å². The third kappa shape index (κ3) is 3.78. The van der Waals surface area contributed by atoms with Crippen LogP contribution in [-0.2, 0) is 4.43 Å². The molecule has 1 radical (unpaired) electrons. The number of hydrogen-bond acceptors (Lipinski definition) is 2. The Balaban J connectivity index is 2.25. The van der Waals surface area contributed by atoms with Gasteiger partial charge in [0.05, 0.1) is 0 Å². The second kappa shape index (κ2) is 7.50. The highest BCUT2D eigenvalue weighted by molar-refractivity contribution is 6.64. The Morgan fingerprint density at radius 2 is 1.67 bits per heavy atom. The zero-order valence-electron chi connectivity index (χ0n) is 12.8. The first kappa shape index (κ1) is 15.9. The molecule has 0 unspecified atom stereocenters. The molecule has 2 aromatic carbocycles. The van der Waals surface area contributed by atoms with Crippen LogP contribution in [0.1, 0.15) is 13.8 Å². The highest BCUT2D eigenvalue weighted by Gasteiger charge is 2.22. The van der Waals surface area contributed by atoms with Crippen LogP contribution >= 0.6 is 0 Å². The molecule has 0 atom stereocenters. The van der Waals surface area contributed by atoms with Crippen LogP contribution in [0.4, 0.5) is 4.39 Å². The zero-order chi connectivity index (χ0) is 15.2. The van der Waals surface area contributed by atoms with Gasteiger partial charge in [0.1, 0.15) is 5.82 Å². The molecule has 4 heteroatoms. The SMILES string of the molecule is CCN(CC)[Si](OC)c1ccc(-c2cccc(F)c2)cc1. The van der Waals surface area contributed by atoms with E-state index in [-0.39, 0.29) is 5.82 Å². The summed E-state index contributed by atoms with van der Waals surface area (Å²) in [5.41, 5.74) is 1.92. The minimum Gasteiger partial charge on any atom is -0.402 e. The van der Waals surface area contributed by atoms with Gasteiger partial charge in [-0.2, -0.15) is 0 Å². The maximum absolute atomic E-state index is 13.3. The van der Waals surface area contributed by atoms with E-state index in [9.17, 15) is 4.39 Å². The van der Waals surface area contributed by atoms with E-state index >= 15 is 0 Å². The van der Waals surface area contributed by atoms with Gasteiger partial charge in [0.25, 0.3) is 0 Å². The summed E-state index contributed by atoms with van der Waals surface area (Å²) in [7, 11) is 0.623. The van der Waals surface area contributed by atoms with Gasteiger partial charge < -0.3 is 4.43 Å². The van der Waals surface area contributed by atoms with E-state index in [0.717, 1.165) is 24.2 Å². The highest BCUT2D eigenvalue weighted by atomic mass is 28.3. The normalized spacial score (nSPS) is 11.3.